The average Bonchev–Trinajstić information content (AvgIpc) is 2.40. The molecule has 2 rings (SSSR count). The minimum Gasteiger partial charge on any atom is -0.369 e. The number of carbonyl (C=O) groups excluding carboxylic acids is 1. The summed E-state index contributed by atoms with van der Waals surface area (Å²) in [5.74, 6) is -0.300. The molecule has 1 aliphatic carbocycles. The molecule has 1 aromatic carbocycles. The molecule has 19 heavy (non-hydrogen) atoms. The predicted molar refractivity (Wildman–Crippen MR) is 72.9 cm³/mol. The number of rotatable bonds is 4. The summed E-state index contributed by atoms with van der Waals surface area (Å²) >= 11 is 0. The van der Waals surface area contributed by atoms with E-state index in [1.165, 1.54) is 0 Å². The third-order valence-electron chi connectivity index (χ3n) is 3.96. The van der Waals surface area contributed by atoms with Crippen LogP contribution in [0.2, 0.25) is 0 Å². The van der Waals surface area contributed by atoms with E-state index in [2.05, 4.69) is 5.32 Å². The van der Waals surface area contributed by atoms with E-state index in [1.807, 2.05) is 6.07 Å². The Bertz CT molecular complexity index is 453. The van der Waals surface area contributed by atoms with Crippen molar-refractivity contribution in [3.05, 3.63) is 35.1 Å². The van der Waals surface area contributed by atoms with Gasteiger partial charge >= 0.3 is 0 Å². The molecule has 0 aliphatic heterocycles. The molecule has 0 aromatic heterocycles. The number of carbonyl (C=O) groups is 1. The Labute approximate surface area is 113 Å². The van der Waals surface area contributed by atoms with Crippen molar-refractivity contribution in [2.45, 2.75) is 45.2 Å². The number of hydrogen-bond donors (Lipinski definition) is 2. The monoisotopic (exact) mass is 264 g/mol. The van der Waals surface area contributed by atoms with Gasteiger partial charge in [-0.2, -0.15) is 0 Å². The predicted octanol–water partition coefficient (Wildman–Crippen LogP) is 2.27. The number of aryl methyl sites for hydroxylation is 1. The maximum Gasteiger partial charge on any atom is 0.220 e. The van der Waals surface area contributed by atoms with Gasteiger partial charge in [0, 0.05) is 18.5 Å². The summed E-state index contributed by atoms with van der Waals surface area (Å²) in [7, 11) is 0. The Kier molecular flexibility index (Phi) is 4.53. The molecule has 1 fully saturated rings. The van der Waals surface area contributed by atoms with E-state index in [4.69, 9.17) is 5.73 Å². The molecule has 0 heterocycles. The molecule has 3 N–H and O–H groups in total. The zero-order valence-electron chi connectivity index (χ0n) is 11.3. The zero-order valence-corrected chi connectivity index (χ0v) is 11.3. The van der Waals surface area contributed by atoms with E-state index in [0.29, 0.717) is 18.2 Å². The molecule has 4 heteroatoms. The van der Waals surface area contributed by atoms with Gasteiger partial charge in [0.15, 0.2) is 0 Å². The first-order valence-electron chi connectivity index (χ1n) is 6.84. The molecule has 3 nitrogen and oxygen atoms in total. The Hall–Kier alpha value is -1.42. The van der Waals surface area contributed by atoms with E-state index >= 15 is 0 Å². The van der Waals surface area contributed by atoms with Crippen molar-refractivity contribution in [1.29, 1.82) is 0 Å². The molecule has 1 aromatic rings. The Morgan fingerprint density at radius 2 is 2.05 bits per heavy atom. The van der Waals surface area contributed by atoms with Crippen LogP contribution in [0.3, 0.4) is 0 Å². The number of nitrogens with two attached hydrogens (primary N) is 1. The molecule has 0 atom stereocenters. The number of primary amides is 1. The number of hydrogen-bond acceptors (Lipinski definition) is 2. The van der Waals surface area contributed by atoms with Gasteiger partial charge in [0.05, 0.1) is 0 Å². The van der Waals surface area contributed by atoms with Gasteiger partial charge in [-0.3, -0.25) is 4.79 Å². The highest BCUT2D eigenvalue weighted by Crippen LogP contribution is 2.24. The van der Waals surface area contributed by atoms with Crippen LogP contribution in [0.1, 0.15) is 36.8 Å². The lowest BCUT2D eigenvalue weighted by molar-refractivity contribution is -0.122. The third kappa shape index (κ3) is 3.77. The SMILES string of the molecule is Cc1ccc(CNC2CCC(C(N)=O)CC2)cc1F. The fourth-order valence-corrected chi connectivity index (χ4v) is 2.59. The Balaban J connectivity index is 1.80. The largest absolute Gasteiger partial charge is 0.369 e. The highest BCUT2D eigenvalue weighted by Gasteiger charge is 2.24. The van der Waals surface area contributed by atoms with Gasteiger partial charge in [0.1, 0.15) is 5.82 Å². The van der Waals surface area contributed by atoms with Crippen molar-refractivity contribution in [1.82, 2.24) is 5.32 Å². The molecule has 1 saturated carbocycles. The van der Waals surface area contributed by atoms with Crippen molar-refractivity contribution >= 4 is 5.91 Å². The van der Waals surface area contributed by atoms with E-state index < -0.39 is 0 Å². The van der Waals surface area contributed by atoms with Crippen LogP contribution in [0.25, 0.3) is 0 Å². The molecule has 0 spiro atoms. The molecule has 0 unspecified atom stereocenters. The molecule has 1 aliphatic rings. The zero-order chi connectivity index (χ0) is 13.8. The van der Waals surface area contributed by atoms with Crippen LogP contribution in [0.5, 0.6) is 0 Å². The lowest BCUT2D eigenvalue weighted by atomic mass is 9.85. The number of halogens is 1. The molecule has 0 radical (unpaired) electrons. The minimum absolute atomic E-state index is 0.0369. The van der Waals surface area contributed by atoms with Crippen LogP contribution >= 0.6 is 0 Å². The summed E-state index contributed by atoms with van der Waals surface area (Å²) in [6.45, 7) is 2.43. The highest BCUT2D eigenvalue weighted by atomic mass is 19.1. The van der Waals surface area contributed by atoms with E-state index in [9.17, 15) is 9.18 Å². The standard InChI is InChI=1S/C15H21FN2O/c1-10-2-3-11(8-14(10)16)9-18-13-6-4-12(5-7-13)15(17)19/h2-3,8,12-13,18H,4-7,9H2,1H3,(H2,17,19). The summed E-state index contributed by atoms with van der Waals surface area (Å²) in [5, 5.41) is 3.43. The Morgan fingerprint density at radius 1 is 1.37 bits per heavy atom. The van der Waals surface area contributed by atoms with Crippen LogP contribution in [0.4, 0.5) is 4.39 Å². The minimum atomic E-state index is -0.181. The first kappa shape index (κ1) is 14.0. The number of amides is 1. The molecule has 1 amide bonds. The molecular weight excluding hydrogens is 243 g/mol. The lowest BCUT2D eigenvalue weighted by Crippen LogP contribution is -2.36. The smallest absolute Gasteiger partial charge is 0.220 e. The maximum absolute atomic E-state index is 13.4. The lowest BCUT2D eigenvalue weighted by Gasteiger charge is -2.27. The summed E-state index contributed by atoms with van der Waals surface area (Å²) in [6.07, 6.45) is 3.63. The third-order valence-corrected chi connectivity index (χ3v) is 3.96. The van der Waals surface area contributed by atoms with Gasteiger partial charge in [-0.25, -0.2) is 4.39 Å². The van der Waals surface area contributed by atoms with E-state index in [-0.39, 0.29) is 17.6 Å². The van der Waals surface area contributed by atoms with Crippen molar-refractivity contribution in [2.24, 2.45) is 11.7 Å². The van der Waals surface area contributed by atoms with Crippen LogP contribution in [0.15, 0.2) is 18.2 Å². The van der Waals surface area contributed by atoms with E-state index in [0.717, 1.165) is 31.2 Å². The van der Waals surface area contributed by atoms with Gasteiger partial charge in [-0.15, -0.1) is 0 Å². The van der Waals surface area contributed by atoms with Crippen LogP contribution < -0.4 is 11.1 Å². The van der Waals surface area contributed by atoms with Gasteiger partial charge in [0.2, 0.25) is 5.91 Å². The van der Waals surface area contributed by atoms with Crippen LogP contribution in [0, 0.1) is 18.7 Å². The first-order chi connectivity index (χ1) is 9.06. The summed E-state index contributed by atoms with van der Waals surface area (Å²) in [4.78, 5) is 11.1. The molecule has 0 bridgehead atoms. The summed E-state index contributed by atoms with van der Waals surface area (Å²) < 4.78 is 13.4. The fraction of sp³-hybridized carbons (Fsp3) is 0.533. The number of nitrogens with one attached hydrogen (secondary N) is 1. The normalized spacial score (nSPS) is 23.3. The van der Waals surface area contributed by atoms with Crippen molar-refractivity contribution in [3.8, 4) is 0 Å². The fourth-order valence-electron chi connectivity index (χ4n) is 2.59. The van der Waals surface area contributed by atoms with E-state index in [1.54, 1.807) is 19.1 Å². The van der Waals surface area contributed by atoms with Gasteiger partial charge in [0.25, 0.3) is 0 Å². The summed E-state index contributed by atoms with van der Waals surface area (Å²) in [6, 6.07) is 5.73. The molecular formula is C15H21FN2O. The second kappa shape index (κ2) is 6.15. The summed E-state index contributed by atoms with van der Waals surface area (Å²) in [5.41, 5.74) is 6.94. The molecule has 0 saturated heterocycles. The topological polar surface area (TPSA) is 55.1 Å². The second-order valence-corrected chi connectivity index (χ2v) is 5.42. The highest BCUT2D eigenvalue weighted by molar-refractivity contribution is 5.76. The van der Waals surface area contributed by atoms with Gasteiger partial charge < -0.3 is 11.1 Å². The van der Waals surface area contributed by atoms with Gasteiger partial charge in [-0.1, -0.05) is 12.1 Å². The van der Waals surface area contributed by atoms with Crippen molar-refractivity contribution in [3.63, 3.8) is 0 Å². The van der Waals surface area contributed by atoms with Crippen LogP contribution in [-0.4, -0.2) is 11.9 Å². The average molecular weight is 264 g/mol. The van der Waals surface area contributed by atoms with Crippen molar-refractivity contribution < 1.29 is 9.18 Å². The van der Waals surface area contributed by atoms with Crippen molar-refractivity contribution in [2.75, 3.05) is 0 Å². The maximum atomic E-state index is 13.4. The second-order valence-electron chi connectivity index (χ2n) is 5.42. The molecule has 104 valence electrons. The first-order valence-corrected chi connectivity index (χ1v) is 6.84. The Morgan fingerprint density at radius 3 is 2.63 bits per heavy atom. The quantitative estimate of drug-likeness (QED) is 0.876. The van der Waals surface area contributed by atoms with Crippen LogP contribution in [-0.2, 0) is 11.3 Å². The van der Waals surface area contributed by atoms with Gasteiger partial charge in [-0.05, 0) is 49.8 Å². The number of benzene rings is 1.